The number of rotatable bonds is 1. The summed E-state index contributed by atoms with van der Waals surface area (Å²) in [5.74, 6) is 0. The summed E-state index contributed by atoms with van der Waals surface area (Å²) in [6.07, 6.45) is 0. The van der Waals surface area contributed by atoms with Gasteiger partial charge >= 0.3 is 0 Å². The van der Waals surface area contributed by atoms with Gasteiger partial charge in [0.1, 0.15) is 0 Å². The molecule has 15 heavy (non-hydrogen) atoms. The minimum atomic E-state index is 0.576. The first kappa shape index (κ1) is 11.0. The molecule has 2 rings (SSSR count). The van der Waals surface area contributed by atoms with Crippen molar-refractivity contribution in [1.29, 1.82) is 0 Å². The van der Waals surface area contributed by atoms with Crippen LogP contribution in [0.3, 0.4) is 0 Å². The molecule has 1 atom stereocenters. The summed E-state index contributed by atoms with van der Waals surface area (Å²) in [6.45, 7) is 7.60. The number of halogens is 1. The number of benzene rings is 1. The Labute approximate surface area is 99.8 Å². The third-order valence-electron chi connectivity index (χ3n) is 2.81. The quantitative estimate of drug-likeness (QED) is 0.843. The highest BCUT2D eigenvalue weighted by Gasteiger charge is 2.17. The molecular weight excluding hydrogens is 252 g/mol. The lowest BCUT2D eigenvalue weighted by Crippen LogP contribution is -2.49. The van der Waals surface area contributed by atoms with Crippen LogP contribution in [0.15, 0.2) is 22.7 Å². The fraction of sp³-hybridized carbons (Fsp3) is 0.500. The van der Waals surface area contributed by atoms with Gasteiger partial charge in [-0.2, -0.15) is 0 Å². The molecule has 0 saturated carbocycles. The second kappa shape index (κ2) is 4.54. The lowest BCUT2D eigenvalue weighted by atomic mass is 10.1. The number of hydrogen-bond donors (Lipinski definition) is 1. The predicted octanol–water partition coefficient (Wildman–Crippen LogP) is 2.56. The van der Waals surface area contributed by atoms with Crippen LogP contribution in [0.4, 0.5) is 5.69 Å². The van der Waals surface area contributed by atoms with E-state index in [2.05, 4.69) is 58.2 Å². The van der Waals surface area contributed by atoms with Crippen LogP contribution in [-0.2, 0) is 0 Å². The summed E-state index contributed by atoms with van der Waals surface area (Å²) < 4.78 is 1.21. The summed E-state index contributed by atoms with van der Waals surface area (Å²) in [5, 5.41) is 3.46. The number of anilines is 1. The van der Waals surface area contributed by atoms with E-state index in [1.165, 1.54) is 15.7 Å². The van der Waals surface area contributed by atoms with Gasteiger partial charge in [0.05, 0.1) is 5.69 Å². The number of hydrogen-bond acceptors (Lipinski definition) is 2. The molecular formula is C12H17BrN2. The molecule has 0 bridgehead atoms. The number of nitrogens with one attached hydrogen (secondary N) is 1. The molecule has 1 saturated heterocycles. The summed E-state index contributed by atoms with van der Waals surface area (Å²) in [6, 6.07) is 7.14. The van der Waals surface area contributed by atoms with E-state index in [0.29, 0.717) is 6.04 Å². The van der Waals surface area contributed by atoms with Crippen molar-refractivity contribution < 1.29 is 0 Å². The zero-order chi connectivity index (χ0) is 10.8. The molecule has 0 aliphatic carbocycles. The van der Waals surface area contributed by atoms with E-state index < -0.39 is 0 Å². The maximum absolute atomic E-state index is 3.64. The molecule has 3 heteroatoms. The number of nitrogens with zero attached hydrogens (tertiary/aromatic N) is 1. The Morgan fingerprint density at radius 1 is 1.47 bits per heavy atom. The average molecular weight is 269 g/mol. The predicted molar refractivity (Wildman–Crippen MR) is 68.6 cm³/mol. The largest absolute Gasteiger partial charge is 0.368 e. The molecule has 82 valence electrons. The van der Waals surface area contributed by atoms with Gasteiger partial charge in [0.15, 0.2) is 0 Å². The molecule has 0 radical (unpaired) electrons. The van der Waals surface area contributed by atoms with Gasteiger partial charge in [-0.25, -0.2) is 0 Å². The normalized spacial score (nSPS) is 21.8. The van der Waals surface area contributed by atoms with Crippen LogP contribution < -0.4 is 10.2 Å². The van der Waals surface area contributed by atoms with Crippen LogP contribution in [0, 0.1) is 6.92 Å². The van der Waals surface area contributed by atoms with Crippen LogP contribution in [-0.4, -0.2) is 25.7 Å². The Morgan fingerprint density at radius 2 is 2.27 bits per heavy atom. The van der Waals surface area contributed by atoms with Crippen LogP contribution in [0.2, 0.25) is 0 Å². The van der Waals surface area contributed by atoms with Crippen molar-refractivity contribution in [2.24, 2.45) is 0 Å². The molecule has 1 aromatic rings. The van der Waals surface area contributed by atoms with E-state index >= 15 is 0 Å². The second-order valence-electron chi connectivity index (χ2n) is 4.26. The van der Waals surface area contributed by atoms with Crippen molar-refractivity contribution in [1.82, 2.24) is 5.32 Å². The van der Waals surface area contributed by atoms with Gasteiger partial charge < -0.3 is 10.2 Å². The molecule has 1 fully saturated rings. The molecule has 1 aliphatic heterocycles. The lowest BCUT2D eigenvalue weighted by molar-refractivity contribution is 0.484. The maximum atomic E-state index is 3.64. The van der Waals surface area contributed by atoms with E-state index in [9.17, 15) is 0 Å². The van der Waals surface area contributed by atoms with Crippen LogP contribution >= 0.6 is 15.9 Å². The zero-order valence-corrected chi connectivity index (χ0v) is 10.8. The van der Waals surface area contributed by atoms with E-state index in [0.717, 1.165) is 19.6 Å². The van der Waals surface area contributed by atoms with Gasteiger partial charge in [-0.1, -0.05) is 6.07 Å². The number of piperazine rings is 1. The summed E-state index contributed by atoms with van der Waals surface area (Å²) >= 11 is 3.64. The Balaban J connectivity index is 2.21. The summed E-state index contributed by atoms with van der Waals surface area (Å²) in [4.78, 5) is 2.44. The van der Waals surface area contributed by atoms with Gasteiger partial charge in [-0.15, -0.1) is 0 Å². The topological polar surface area (TPSA) is 15.3 Å². The molecule has 1 aliphatic rings. The molecule has 1 aromatic carbocycles. The zero-order valence-electron chi connectivity index (χ0n) is 9.26. The highest BCUT2D eigenvalue weighted by molar-refractivity contribution is 9.10. The fourth-order valence-corrected chi connectivity index (χ4v) is 2.76. The minimum absolute atomic E-state index is 0.576. The van der Waals surface area contributed by atoms with Crippen molar-refractivity contribution in [2.45, 2.75) is 19.9 Å². The van der Waals surface area contributed by atoms with E-state index in [4.69, 9.17) is 0 Å². The smallest absolute Gasteiger partial charge is 0.0511 e. The monoisotopic (exact) mass is 268 g/mol. The van der Waals surface area contributed by atoms with Crippen molar-refractivity contribution >= 4 is 21.6 Å². The van der Waals surface area contributed by atoms with Gasteiger partial charge in [-0.3, -0.25) is 0 Å². The third-order valence-corrected chi connectivity index (χ3v) is 3.45. The van der Waals surface area contributed by atoms with Crippen molar-refractivity contribution in [3.05, 3.63) is 28.2 Å². The van der Waals surface area contributed by atoms with E-state index in [1.807, 2.05) is 0 Å². The van der Waals surface area contributed by atoms with Crippen LogP contribution in [0.25, 0.3) is 0 Å². The highest BCUT2D eigenvalue weighted by atomic mass is 79.9. The Bertz CT molecular complexity index is 351. The van der Waals surface area contributed by atoms with Crippen molar-refractivity contribution in [2.75, 3.05) is 24.5 Å². The Hall–Kier alpha value is -0.540. The van der Waals surface area contributed by atoms with Crippen molar-refractivity contribution in [3.8, 4) is 0 Å². The first-order valence-electron chi connectivity index (χ1n) is 5.41. The maximum Gasteiger partial charge on any atom is 0.0511 e. The molecule has 1 unspecified atom stereocenters. The third kappa shape index (κ3) is 2.52. The molecule has 1 N–H and O–H groups in total. The SMILES string of the molecule is Cc1ccc(N2CCNC(C)C2)c(Br)c1. The van der Waals surface area contributed by atoms with Gasteiger partial charge in [-0.05, 0) is 47.5 Å². The highest BCUT2D eigenvalue weighted by Crippen LogP contribution is 2.27. The molecule has 0 spiro atoms. The van der Waals surface area contributed by atoms with Crippen molar-refractivity contribution in [3.63, 3.8) is 0 Å². The summed E-state index contributed by atoms with van der Waals surface area (Å²) in [7, 11) is 0. The van der Waals surface area contributed by atoms with E-state index in [-0.39, 0.29) is 0 Å². The lowest BCUT2D eigenvalue weighted by Gasteiger charge is -2.34. The average Bonchev–Trinajstić information content (AvgIpc) is 2.17. The minimum Gasteiger partial charge on any atom is -0.368 e. The molecule has 1 heterocycles. The van der Waals surface area contributed by atoms with Crippen LogP contribution in [0.5, 0.6) is 0 Å². The van der Waals surface area contributed by atoms with Gasteiger partial charge in [0, 0.05) is 30.1 Å². The first-order valence-corrected chi connectivity index (χ1v) is 6.20. The summed E-state index contributed by atoms with van der Waals surface area (Å²) in [5.41, 5.74) is 2.61. The van der Waals surface area contributed by atoms with Gasteiger partial charge in [0.25, 0.3) is 0 Å². The first-order chi connectivity index (χ1) is 7.16. The van der Waals surface area contributed by atoms with Gasteiger partial charge in [0.2, 0.25) is 0 Å². The second-order valence-corrected chi connectivity index (χ2v) is 5.11. The molecule has 2 nitrogen and oxygen atoms in total. The fourth-order valence-electron chi connectivity index (χ4n) is 2.02. The van der Waals surface area contributed by atoms with E-state index in [1.54, 1.807) is 0 Å². The molecule has 0 aromatic heterocycles. The molecule has 0 amide bonds. The standard InChI is InChI=1S/C12H17BrN2/c1-9-3-4-12(11(13)7-9)15-6-5-14-10(2)8-15/h3-4,7,10,14H,5-6,8H2,1-2H3. The number of aryl methyl sites for hydroxylation is 1. The Kier molecular flexibility index (Phi) is 3.32. The Morgan fingerprint density at radius 3 is 2.93 bits per heavy atom. The van der Waals surface area contributed by atoms with Crippen LogP contribution in [0.1, 0.15) is 12.5 Å².